The molecular formula is C49H36N2. The first-order valence-electron chi connectivity index (χ1n) is 18.2. The van der Waals surface area contributed by atoms with Crippen molar-refractivity contribution < 1.29 is 0 Å². The molecular weight excluding hydrogens is 617 g/mol. The van der Waals surface area contributed by atoms with Crippen molar-refractivity contribution >= 4 is 49.6 Å². The van der Waals surface area contributed by atoms with Crippen LogP contribution < -0.4 is 0 Å². The molecule has 2 nitrogen and oxygen atoms in total. The normalized spacial score (nSPS) is 14.4. The number of benzene rings is 7. The van der Waals surface area contributed by atoms with Crippen molar-refractivity contribution in [3.05, 3.63) is 174 Å². The van der Waals surface area contributed by atoms with Gasteiger partial charge in [0.2, 0.25) is 0 Å². The average Bonchev–Trinajstić information content (AvgIpc) is 3.78. The fraction of sp³-hybridized carbons (Fsp3) is 0.102. The molecule has 2 heteroatoms. The zero-order valence-corrected chi connectivity index (χ0v) is 28.8. The molecule has 7 aromatic carbocycles. The maximum absolute atomic E-state index is 2.55. The Morgan fingerprint density at radius 2 is 1.24 bits per heavy atom. The number of rotatable bonds is 3. The van der Waals surface area contributed by atoms with Gasteiger partial charge in [0.15, 0.2) is 0 Å². The summed E-state index contributed by atoms with van der Waals surface area (Å²) in [4.78, 5) is 0. The molecule has 11 rings (SSSR count). The Morgan fingerprint density at radius 3 is 2.02 bits per heavy atom. The highest BCUT2D eigenvalue weighted by Gasteiger charge is 2.37. The summed E-state index contributed by atoms with van der Waals surface area (Å²) in [5, 5.41) is 6.57. The molecule has 0 bridgehead atoms. The standard InChI is InChI=1S/C49H36N2/c1-49(2)41-18-11-17-35(32-22-25-33(26-23-32)50-43-19-8-5-14-37(43)38-15-6-9-20-44(38)50)47(41)39-28-27-34(30-42(39)49)51-45-21-10-7-16-40(45)48-36-13-4-3-12-31(36)24-29-46(48)51/h3-9,11-20,22-30H,10,21H2,1-2H3. The number of nitrogens with zero attached hydrogens (tertiary/aromatic N) is 2. The summed E-state index contributed by atoms with van der Waals surface area (Å²) in [6, 6.07) is 54.2. The third-order valence-corrected chi connectivity index (χ3v) is 11.8. The van der Waals surface area contributed by atoms with Gasteiger partial charge in [-0.05, 0) is 99.5 Å². The molecule has 0 radical (unpaired) electrons. The van der Waals surface area contributed by atoms with Crippen LogP contribution in [0.5, 0.6) is 0 Å². The lowest BCUT2D eigenvalue weighted by molar-refractivity contribution is 0.659. The van der Waals surface area contributed by atoms with Crippen LogP contribution in [-0.4, -0.2) is 9.13 Å². The highest BCUT2D eigenvalue weighted by atomic mass is 15.0. The van der Waals surface area contributed by atoms with Crippen LogP contribution in [0.15, 0.2) is 152 Å². The average molecular weight is 653 g/mol. The lowest BCUT2D eigenvalue weighted by Crippen LogP contribution is -2.15. The maximum Gasteiger partial charge on any atom is 0.0544 e. The van der Waals surface area contributed by atoms with E-state index in [9.17, 15) is 0 Å². The lowest BCUT2D eigenvalue weighted by atomic mass is 9.82. The number of hydrogen-bond acceptors (Lipinski definition) is 0. The Balaban J connectivity index is 1.06. The number of aromatic nitrogens is 2. The van der Waals surface area contributed by atoms with E-state index in [0.717, 1.165) is 12.8 Å². The van der Waals surface area contributed by atoms with Gasteiger partial charge in [0.25, 0.3) is 0 Å². The van der Waals surface area contributed by atoms with Gasteiger partial charge in [-0.1, -0.05) is 129 Å². The van der Waals surface area contributed by atoms with Gasteiger partial charge in [0, 0.05) is 44.2 Å². The Morgan fingerprint density at radius 1 is 0.529 bits per heavy atom. The minimum atomic E-state index is -0.130. The molecule has 0 fully saturated rings. The number of allylic oxidation sites excluding steroid dienone is 1. The summed E-state index contributed by atoms with van der Waals surface area (Å²) < 4.78 is 4.94. The van der Waals surface area contributed by atoms with E-state index in [2.05, 4.69) is 181 Å². The smallest absolute Gasteiger partial charge is 0.0544 e. The van der Waals surface area contributed by atoms with Crippen molar-refractivity contribution in [3.63, 3.8) is 0 Å². The fourth-order valence-electron chi connectivity index (χ4n) is 9.43. The number of fused-ring (bicyclic) bond motifs is 11. The molecule has 0 spiro atoms. The molecule has 2 aliphatic rings. The quantitative estimate of drug-likeness (QED) is 0.180. The number of hydrogen-bond donors (Lipinski definition) is 0. The van der Waals surface area contributed by atoms with E-state index in [-0.39, 0.29) is 5.41 Å². The molecule has 51 heavy (non-hydrogen) atoms. The molecule has 0 atom stereocenters. The van der Waals surface area contributed by atoms with Crippen LogP contribution in [0.4, 0.5) is 0 Å². The predicted octanol–water partition coefficient (Wildman–Crippen LogP) is 12.8. The van der Waals surface area contributed by atoms with Gasteiger partial charge in [-0.25, -0.2) is 0 Å². The Bertz CT molecular complexity index is 2870. The molecule has 0 N–H and O–H groups in total. The first-order valence-corrected chi connectivity index (χ1v) is 18.2. The van der Waals surface area contributed by atoms with Crippen LogP contribution >= 0.6 is 0 Å². The monoisotopic (exact) mass is 652 g/mol. The van der Waals surface area contributed by atoms with Gasteiger partial charge in [-0.2, -0.15) is 0 Å². The van der Waals surface area contributed by atoms with Crippen LogP contribution in [-0.2, 0) is 11.8 Å². The minimum Gasteiger partial charge on any atom is -0.313 e. The van der Waals surface area contributed by atoms with Gasteiger partial charge in [0.1, 0.15) is 0 Å². The van der Waals surface area contributed by atoms with E-state index in [0.29, 0.717) is 0 Å². The van der Waals surface area contributed by atoms with Crippen molar-refractivity contribution in [3.8, 4) is 33.6 Å². The zero-order valence-electron chi connectivity index (χ0n) is 28.8. The summed E-state index contributed by atoms with van der Waals surface area (Å²) in [6.07, 6.45) is 6.82. The number of para-hydroxylation sites is 2. The van der Waals surface area contributed by atoms with E-state index >= 15 is 0 Å². The molecule has 0 unspecified atom stereocenters. The second-order valence-corrected chi connectivity index (χ2v) is 14.8. The molecule has 0 saturated heterocycles. The van der Waals surface area contributed by atoms with Crippen LogP contribution in [0, 0.1) is 0 Å². The van der Waals surface area contributed by atoms with Gasteiger partial charge >= 0.3 is 0 Å². The summed E-state index contributed by atoms with van der Waals surface area (Å²) in [5.41, 5.74) is 16.9. The molecule has 0 aliphatic heterocycles. The Hall–Kier alpha value is -6.12. The van der Waals surface area contributed by atoms with E-state index in [1.54, 1.807) is 0 Å². The maximum atomic E-state index is 2.55. The second-order valence-electron chi connectivity index (χ2n) is 14.8. The fourth-order valence-corrected chi connectivity index (χ4v) is 9.43. The summed E-state index contributed by atoms with van der Waals surface area (Å²) in [5.74, 6) is 0. The molecule has 9 aromatic rings. The van der Waals surface area contributed by atoms with Crippen LogP contribution in [0.1, 0.15) is 42.7 Å². The predicted molar refractivity (Wildman–Crippen MR) is 215 cm³/mol. The van der Waals surface area contributed by atoms with Crippen molar-refractivity contribution in [2.24, 2.45) is 0 Å². The minimum absolute atomic E-state index is 0.130. The zero-order chi connectivity index (χ0) is 33.8. The van der Waals surface area contributed by atoms with Gasteiger partial charge in [-0.15, -0.1) is 0 Å². The van der Waals surface area contributed by atoms with Crippen LogP contribution in [0.3, 0.4) is 0 Å². The molecule has 0 amide bonds. The molecule has 0 saturated carbocycles. The second kappa shape index (κ2) is 10.4. The van der Waals surface area contributed by atoms with E-state index in [1.165, 1.54) is 99.5 Å². The first kappa shape index (κ1) is 28.7. The molecule has 2 aliphatic carbocycles. The van der Waals surface area contributed by atoms with Crippen LogP contribution in [0.25, 0.3) is 83.2 Å². The first-order chi connectivity index (χ1) is 25.1. The highest BCUT2D eigenvalue weighted by molar-refractivity contribution is 6.12. The topological polar surface area (TPSA) is 9.86 Å². The van der Waals surface area contributed by atoms with Crippen LogP contribution in [0.2, 0.25) is 0 Å². The Labute approximate surface area is 297 Å². The molecule has 2 aromatic heterocycles. The largest absolute Gasteiger partial charge is 0.313 e. The van der Waals surface area contributed by atoms with Gasteiger partial charge < -0.3 is 9.13 Å². The van der Waals surface area contributed by atoms with E-state index in [4.69, 9.17) is 0 Å². The van der Waals surface area contributed by atoms with E-state index < -0.39 is 0 Å². The third-order valence-electron chi connectivity index (χ3n) is 11.8. The van der Waals surface area contributed by atoms with Gasteiger partial charge in [0.05, 0.1) is 16.6 Å². The summed E-state index contributed by atoms with van der Waals surface area (Å²) in [7, 11) is 0. The van der Waals surface area contributed by atoms with Crippen molar-refractivity contribution in [1.82, 2.24) is 9.13 Å². The molecule has 2 heterocycles. The van der Waals surface area contributed by atoms with Crippen molar-refractivity contribution in [2.75, 3.05) is 0 Å². The SMILES string of the molecule is CC1(C)c2cc(-n3c4c(c5c6ccccc6ccc53)C=CCC4)ccc2-c2c(-c3ccc(-n4c5ccccc5c5ccccc54)cc3)cccc21. The third kappa shape index (κ3) is 3.93. The summed E-state index contributed by atoms with van der Waals surface area (Å²) in [6.45, 7) is 4.80. The highest BCUT2D eigenvalue weighted by Crippen LogP contribution is 2.53. The Kier molecular flexibility index (Phi) is 5.88. The summed E-state index contributed by atoms with van der Waals surface area (Å²) >= 11 is 0. The van der Waals surface area contributed by atoms with Crippen molar-refractivity contribution in [1.29, 1.82) is 0 Å². The molecule has 242 valence electrons. The van der Waals surface area contributed by atoms with Crippen molar-refractivity contribution in [2.45, 2.75) is 32.1 Å². The van der Waals surface area contributed by atoms with E-state index in [1.807, 2.05) is 0 Å². The lowest BCUT2D eigenvalue weighted by Gasteiger charge is -2.23. The van der Waals surface area contributed by atoms with Gasteiger partial charge in [-0.3, -0.25) is 0 Å².